The fourth-order valence-corrected chi connectivity index (χ4v) is 3.79. The Morgan fingerprint density at radius 3 is 2.71 bits per heavy atom. The Balaban J connectivity index is 0.00000280. The zero-order valence-corrected chi connectivity index (χ0v) is 17.2. The number of aromatic nitrogens is 2. The van der Waals surface area contributed by atoms with Gasteiger partial charge in [-0.3, -0.25) is 4.79 Å². The highest BCUT2D eigenvalue weighted by atomic mass is 35.5. The summed E-state index contributed by atoms with van der Waals surface area (Å²) < 4.78 is 24.1. The summed E-state index contributed by atoms with van der Waals surface area (Å²) in [6, 6.07) is 6.60. The second kappa shape index (κ2) is 8.72. The smallest absolute Gasteiger partial charge is 0.254 e. The number of primary amides is 1. The Kier molecular flexibility index (Phi) is 6.81. The molecule has 1 atom stereocenters. The van der Waals surface area contributed by atoms with Crippen molar-refractivity contribution in [1.29, 1.82) is 0 Å². The largest absolute Gasteiger partial charge is 0.365 e. The summed E-state index contributed by atoms with van der Waals surface area (Å²) >= 11 is 0. The Morgan fingerprint density at radius 2 is 2.07 bits per heavy atom. The average Bonchev–Trinajstić information content (AvgIpc) is 2.61. The Hall–Kier alpha value is -2.43. The molecule has 28 heavy (non-hydrogen) atoms. The summed E-state index contributed by atoms with van der Waals surface area (Å²) in [4.78, 5) is 22.7. The van der Waals surface area contributed by atoms with Gasteiger partial charge >= 0.3 is 0 Å². The van der Waals surface area contributed by atoms with E-state index in [-0.39, 0.29) is 34.7 Å². The number of sulfone groups is 1. The molecule has 1 aromatic carbocycles. The van der Waals surface area contributed by atoms with Crippen LogP contribution in [0, 0.1) is 0 Å². The van der Waals surface area contributed by atoms with Gasteiger partial charge in [0.05, 0.1) is 10.6 Å². The van der Waals surface area contributed by atoms with Gasteiger partial charge in [-0.15, -0.1) is 12.4 Å². The van der Waals surface area contributed by atoms with E-state index in [1.54, 1.807) is 18.2 Å². The molecule has 0 bridgehead atoms. The topological polar surface area (TPSA) is 130 Å². The highest BCUT2D eigenvalue weighted by Gasteiger charge is 2.23. The van der Waals surface area contributed by atoms with E-state index in [1.807, 2.05) is 11.8 Å². The molecule has 0 spiro atoms. The Labute approximate surface area is 170 Å². The summed E-state index contributed by atoms with van der Waals surface area (Å²) in [5, 5.41) is 6.24. The van der Waals surface area contributed by atoms with Gasteiger partial charge in [0, 0.05) is 38.1 Å². The van der Waals surface area contributed by atoms with Gasteiger partial charge in [-0.2, -0.15) is 4.98 Å². The third-order valence-electron chi connectivity index (χ3n) is 4.34. The number of hydrogen-bond donors (Lipinski definition) is 3. The lowest BCUT2D eigenvalue weighted by atomic mass is 10.2. The number of nitrogens with two attached hydrogens (primary N) is 1. The second-order valence-electron chi connectivity index (χ2n) is 6.44. The van der Waals surface area contributed by atoms with E-state index in [0.29, 0.717) is 11.6 Å². The van der Waals surface area contributed by atoms with Crippen LogP contribution < -0.4 is 21.3 Å². The van der Waals surface area contributed by atoms with Crippen molar-refractivity contribution in [3.8, 4) is 0 Å². The first kappa shape index (κ1) is 21.9. The minimum Gasteiger partial charge on any atom is -0.365 e. The van der Waals surface area contributed by atoms with Gasteiger partial charge in [0.2, 0.25) is 5.95 Å². The van der Waals surface area contributed by atoms with Crippen molar-refractivity contribution in [2.45, 2.75) is 17.9 Å². The van der Waals surface area contributed by atoms with Crippen molar-refractivity contribution in [2.75, 3.05) is 36.1 Å². The normalized spacial score (nSPS) is 16.9. The average molecular weight is 427 g/mol. The van der Waals surface area contributed by atoms with Crippen LogP contribution in [-0.4, -0.2) is 56.2 Å². The number of nitrogens with zero attached hydrogens (tertiary/aromatic N) is 3. The van der Waals surface area contributed by atoms with Crippen molar-refractivity contribution in [2.24, 2.45) is 5.73 Å². The Morgan fingerprint density at radius 1 is 1.36 bits per heavy atom. The van der Waals surface area contributed by atoms with Gasteiger partial charge < -0.3 is 21.3 Å². The molecular formula is C17H23ClN6O3S. The number of piperazine rings is 1. The molecule has 1 fully saturated rings. The van der Waals surface area contributed by atoms with Crippen LogP contribution in [-0.2, 0) is 9.84 Å². The first-order chi connectivity index (χ1) is 12.8. The number of amides is 1. The molecule has 1 saturated heterocycles. The zero-order chi connectivity index (χ0) is 19.6. The molecule has 1 aliphatic heterocycles. The van der Waals surface area contributed by atoms with Gasteiger partial charge in [0.25, 0.3) is 5.91 Å². The molecule has 152 valence electrons. The van der Waals surface area contributed by atoms with Gasteiger partial charge in [-0.25, -0.2) is 13.4 Å². The molecule has 3 rings (SSSR count). The molecule has 0 saturated carbocycles. The van der Waals surface area contributed by atoms with E-state index in [1.165, 1.54) is 12.3 Å². The maximum atomic E-state index is 12.0. The van der Waals surface area contributed by atoms with Crippen LogP contribution in [0.5, 0.6) is 0 Å². The molecule has 2 aromatic rings. The fourth-order valence-electron chi connectivity index (χ4n) is 2.95. The first-order valence-corrected chi connectivity index (χ1v) is 10.4. The van der Waals surface area contributed by atoms with Crippen molar-refractivity contribution < 1.29 is 13.2 Å². The van der Waals surface area contributed by atoms with Crippen molar-refractivity contribution in [1.82, 2.24) is 15.3 Å². The number of rotatable bonds is 5. The number of hydrogen-bond acceptors (Lipinski definition) is 8. The molecule has 2 heterocycles. The molecular weight excluding hydrogens is 404 g/mol. The van der Waals surface area contributed by atoms with Crippen molar-refractivity contribution >= 4 is 45.6 Å². The molecule has 11 heteroatoms. The van der Waals surface area contributed by atoms with Crippen LogP contribution in [0.1, 0.15) is 17.3 Å². The fraction of sp³-hybridized carbons (Fsp3) is 0.353. The van der Waals surface area contributed by atoms with Crippen LogP contribution >= 0.6 is 12.4 Å². The van der Waals surface area contributed by atoms with Gasteiger partial charge in [0.1, 0.15) is 11.4 Å². The molecule has 1 aliphatic rings. The maximum Gasteiger partial charge on any atom is 0.254 e. The third kappa shape index (κ3) is 4.70. The highest BCUT2D eigenvalue weighted by molar-refractivity contribution is 7.90. The van der Waals surface area contributed by atoms with E-state index in [9.17, 15) is 13.2 Å². The minimum atomic E-state index is -3.47. The molecule has 1 amide bonds. The lowest BCUT2D eigenvalue weighted by Gasteiger charge is -2.34. The minimum absolute atomic E-state index is 0. The van der Waals surface area contributed by atoms with Crippen LogP contribution in [0.2, 0.25) is 0 Å². The zero-order valence-electron chi connectivity index (χ0n) is 15.5. The maximum absolute atomic E-state index is 12.0. The van der Waals surface area contributed by atoms with E-state index in [0.717, 1.165) is 25.9 Å². The number of carbonyl (C=O) groups excluding carboxylic acids is 1. The van der Waals surface area contributed by atoms with E-state index < -0.39 is 15.7 Å². The summed E-state index contributed by atoms with van der Waals surface area (Å²) in [5.74, 6) is -0.0723. The standard InChI is InChI=1S/C17H22N6O3S.ClH/c1-11-9-19-7-8-23(11)17-20-10-12(15(18)24)16(22-17)21-13-5-3-4-6-14(13)27(2,25)26;/h3-6,10-11,19H,7-9H2,1-2H3,(H2,18,24)(H,20,21,22);1H/t11-;/m1./s1. The molecule has 0 radical (unpaired) electrons. The number of para-hydroxylation sites is 1. The number of carbonyl (C=O) groups is 1. The lowest BCUT2D eigenvalue weighted by Crippen LogP contribution is -2.50. The number of benzene rings is 1. The van der Waals surface area contributed by atoms with Crippen molar-refractivity contribution in [3.63, 3.8) is 0 Å². The molecule has 4 N–H and O–H groups in total. The number of anilines is 3. The molecule has 1 aromatic heterocycles. The van der Waals surface area contributed by atoms with Crippen molar-refractivity contribution in [3.05, 3.63) is 36.0 Å². The molecule has 0 unspecified atom stereocenters. The predicted octanol–water partition coefficient (Wildman–Crippen LogP) is 0.942. The quantitative estimate of drug-likeness (QED) is 0.643. The van der Waals surface area contributed by atoms with E-state index in [2.05, 4.69) is 20.6 Å². The number of nitrogens with one attached hydrogen (secondary N) is 2. The first-order valence-electron chi connectivity index (χ1n) is 8.47. The molecule has 0 aliphatic carbocycles. The SMILES string of the molecule is C[C@@H]1CNCCN1c1ncc(C(N)=O)c(Nc2ccccc2S(C)(=O)=O)n1.Cl. The lowest BCUT2D eigenvalue weighted by molar-refractivity contribution is 0.100. The Bertz CT molecular complexity index is 969. The van der Waals surface area contributed by atoms with E-state index >= 15 is 0 Å². The van der Waals surface area contributed by atoms with Gasteiger partial charge in [-0.05, 0) is 19.1 Å². The highest BCUT2D eigenvalue weighted by Crippen LogP contribution is 2.27. The van der Waals surface area contributed by atoms with E-state index in [4.69, 9.17) is 5.73 Å². The predicted molar refractivity (Wildman–Crippen MR) is 110 cm³/mol. The second-order valence-corrected chi connectivity index (χ2v) is 8.42. The monoisotopic (exact) mass is 426 g/mol. The van der Waals surface area contributed by atoms with Crippen LogP contribution in [0.3, 0.4) is 0 Å². The number of halogens is 1. The third-order valence-corrected chi connectivity index (χ3v) is 5.49. The van der Waals surface area contributed by atoms with Crippen LogP contribution in [0.4, 0.5) is 17.5 Å². The van der Waals surface area contributed by atoms with Crippen LogP contribution in [0.15, 0.2) is 35.4 Å². The van der Waals surface area contributed by atoms with Crippen LogP contribution in [0.25, 0.3) is 0 Å². The summed E-state index contributed by atoms with van der Waals surface area (Å²) in [6.07, 6.45) is 2.49. The van der Waals surface area contributed by atoms with Gasteiger partial charge in [-0.1, -0.05) is 12.1 Å². The summed E-state index contributed by atoms with van der Waals surface area (Å²) in [7, 11) is -3.47. The summed E-state index contributed by atoms with van der Waals surface area (Å²) in [6.45, 7) is 4.35. The molecule has 9 nitrogen and oxygen atoms in total. The summed E-state index contributed by atoms with van der Waals surface area (Å²) in [5.41, 5.74) is 5.85. The van der Waals surface area contributed by atoms with Gasteiger partial charge in [0.15, 0.2) is 9.84 Å².